The monoisotopic (exact) mass is 230 g/mol. The Morgan fingerprint density at radius 2 is 2.06 bits per heavy atom. The summed E-state index contributed by atoms with van der Waals surface area (Å²) in [6, 6.07) is 1.72. The molecule has 0 radical (unpaired) electrons. The molecule has 88 valence electrons. The topological polar surface area (TPSA) is 28.7 Å². The van der Waals surface area contributed by atoms with Gasteiger partial charge in [0, 0.05) is 16.5 Å². The van der Waals surface area contributed by atoms with Gasteiger partial charge in [-0.05, 0) is 18.6 Å². The van der Waals surface area contributed by atoms with E-state index in [1.54, 1.807) is 13.0 Å². The lowest BCUT2D eigenvalue weighted by Crippen LogP contribution is -2.12. The second-order valence-corrected chi connectivity index (χ2v) is 5.27. The highest BCUT2D eigenvalue weighted by Gasteiger charge is 2.23. The van der Waals surface area contributed by atoms with Crippen molar-refractivity contribution in [1.29, 1.82) is 0 Å². The van der Waals surface area contributed by atoms with Gasteiger partial charge in [0.15, 0.2) is 0 Å². The molecule has 0 saturated carbocycles. The molecule has 0 atom stereocenters. The predicted octanol–water partition coefficient (Wildman–Crippen LogP) is 3.29. The van der Waals surface area contributed by atoms with E-state index < -0.39 is 0 Å². The van der Waals surface area contributed by atoms with Crippen LogP contribution in [0.3, 0.4) is 0 Å². The van der Waals surface area contributed by atoms with Crippen molar-refractivity contribution in [2.45, 2.75) is 33.1 Å². The Balaban J connectivity index is 2.95. The largest absolute Gasteiger partial charge is 0.281 e. The maximum atomic E-state index is 14.0. The molecular weight excluding hydrogens is 215 g/mol. The fraction of sp³-hybridized carbons (Fsp3) is 0.357. The third-order valence-corrected chi connectivity index (χ3v) is 2.86. The molecule has 0 fully saturated rings. The van der Waals surface area contributed by atoms with Gasteiger partial charge in [0.25, 0.3) is 0 Å². The summed E-state index contributed by atoms with van der Waals surface area (Å²) in [5.41, 5.74) is 2.28. The Hall–Kier alpha value is -1.82. The summed E-state index contributed by atoms with van der Waals surface area (Å²) in [7, 11) is 0. The molecule has 0 aliphatic heterocycles. The maximum Gasteiger partial charge on any atom is 0.142 e. The summed E-state index contributed by atoms with van der Waals surface area (Å²) >= 11 is 0. The zero-order valence-corrected chi connectivity index (χ0v) is 10.5. The van der Waals surface area contributed by atoms with Gasteiger partial charge >= 0.3 is 0 Å². The van der Waals surface area contributed by atoms with Gasteiger partial charge in [0.05, 0.1) is 11.1 Å². The number of aromatic amines is 1. The number of H-pyrrole nitrogens is 1. The minimum absolute atomic E-state index is 0.151. The number of hydrogen-bond acceptors (Lipinski definition) is 1. The Morgan fingerprint density at radius 1 is 1.41 bits per heavy atom. The zero-order valence-electron chi connectivity index (χ0n) is 10.5. The Bertz CT molecular complexity index is 624. The molecular formula is C14H15FN2. The number of halogens is 1. The quantitative estimate of drug-likeness (QED) is 0.691. The fourth-order valence-corrected chi connectivity index (χ4v) is 1.97. The molecule has 0 unspecified atom stereocenters. The molecule has 2 rings (SSSR count). The summed E-state index contributed by atoms with van der Waals surface area (Å²) in [4.78, 5) is 0. The third-order valence-electron chi connectivity index (χ3n) is 2.86. The molecule has 0 saturated heterocycles. The van der Waals surface area contributed by atoms with Gasteiger partial charge in [0.1, 0.15) is 5.82 Å². The number of aromatic nitrogens is 2. The number of nitrogens with one attached hydrogen (secondary N) is 1. The zero-order chi connectivity index (χ0) is 12.8. The third kappa shape index (κ3) is 1.70. The minimum Gasteiger partial charge on any atom is -0.281 e. The first-order chi connectivity index (χ1) is 7.86. The van der Waals surface area contributed by atoms with Crippen molar-refractivity contribution in [3.05, 3.63) is 28.7 Å². The first-order valence-electron chi connectivity index (χ1n) is 5.50. The van der Waals surface area contributed by atoms with Crippen molar-refractivity contribution >= 4 is 10.9 Å². The van der Waals surface area contributed by atoms with Gasteiger partial charge in [-0.1, -0.05) is 26.7 Å². The lowest BCUT2D eigenvalue weighted by Gasteiger charge is -2.17. The first kappa shape index (κ1) is 11.7. The van der Waals surface area contributed by atoms with E-state index in [9.17, 15) is 4.39 Å². The van der Waals surface area contributed by atoms with Crippen molar-refractivity contribution in [2.24, 2.45) is 0 Å². The number of fused-ring (bicyclic) bond motifs is 1. The van der Waals surface area contributed by atoms with Crippen LogP contribution in [0.4, 0.5) is 4.39 Å². The van der Waals surface area contributed by atoms with E-state index in [0.29, 0.717) is 11.1 Å². The molecule has 1 N–H and O–H groups in total. The Labute approximate surface area is 100 Å². The fourth-order valence-electron chi connectivity index (χ4n) is 1.97. The van der Waals surface area contributed by atoms with Crippen LogP contribution in [0.25, 0.3) is 10.9 Å². The first-order valence-corrected chi connectivity index (χ1v) is 5.50. The van der Waals surface area contributed by atoms with Crippen molar-refractivity contribution < 1.29 is 4.39 Å². The normalized spacial score (nSPS) is 11.8. The highest BCUT2D eigenvalue weighted by Crippen LogP contribution is 2.32. The maximum absolute atomic E-state index is 14.0. The van der Waals surface area contributed by atoms with E-state index >= 15 is 0 Å². The number of rotatable bonds is 0. The second-order valence-electron chi connectivity index (χ2n) is 5.27. The van der Waals surface area contributed by atoms with E-state index in [2.05, 4.69) is 16.1 Å². The molecule has 2 aromatic rings. The minimum atomic E-state index is -0.327. The van der Waals surface area contributed by atoms with Gasteiger partial charge in [-0.3, -0.25) is 5.10 Å². The van der Waals surface area contributed by atoms with E-state index in [-0.39, 0.29) is 11.2 Å². The molecule has 0 amide bonds. The van der Waals surface area contributed by atoms with Crippen LogP contribution in [0.5, 0.6) is 0 Å². The highest BCUT2D eigenvalue weighted by atomic mass is 19.1. The summed E-state index contributed by atoms with van der Waals surface area (Å²) in [5, 5.41) is 7.90. The number of nitrogens with zero attached hydrogens (tertiary/aromatic N) is 1. The molecule has 0 bridgehead atoms. The van der Waals surface area contributed by atoms with Crippen molar-refractivity contribution in [2.75, 3.05) is 0 Å². The summed E-state index contributed by atoms with van der Waals surface area (Å²) in [6.07, 6.45) is 5.43. The van der Waals surface area contributed by atoms with Crippen molar-refractivity contribution in [3.8, 4) is 12.3 Å². The van der Waals surface area contributed by atoms with Gasteiger partial charge in [0.2, 0.25) is 0 Å². The van der Waals surface area contributed by atoms with E-state index in [1.165, 1.54) is 0 Å². The molecule has 0 aliphatic rings. The summed E-state index contributed by atoms with van der Waals surface area (Å²) in [6.45, 7) is 7.81. The number of hydrogen-bond donors (Lipinski definition) is 1. The average Bonchev–Trinajstić information content (AvgIpc) is 2.62. The highest BCUT2D eigenvalue weighted by molar-refractivity contribution is 5.89. The molecule has 3 heteroatoms. The van der Waals surface area contributed by atoms with Crippen LogP contribution in [0.2, 0.25) is 0 Å². The molecule has 0 aliphatic carbocycles. The van der Waals surface area contributed by atoms with Crippen LogP contribution in [-0.4, -0.2) is 10.2 Å². The SMILES string of the molecule is C#Cc1c(F)c(C)cc2n[nH]c(C(C)(C)C)c12. The second kappa shape index (κ2) is 3.59. The predicted molar refractivity (Wildman–Crippen MR) is 67.4 cm³/mol. The molecule has 17 heavy (non-hydrogen) atoms. The molecule has 2 nitrogen and oxygen atoms in total. The average molecular weight is 230 g/mol. The van der Waals surface area contributed by atoms with Gasteiger partial charge in [-0.25, -0.2) is 4.39 Å². The van der Waals surface area contributed by atoms with Crippen molar-refractivity contribution in [1.82, 2.24) is 10.2 Å². The standard InChI is InChI=1S/C14H15FN2/c1-6-9-11-10(7-8(2)12(9)15)16-17-13(11)14(3,4)5/h1,7H,2-5H3,(H,16,17). The Kier molecular flexibility index (Phi) is 2.46. The molecule has 0 spiro atoms. The Morgan fingerprint density at radius 3 is 2.59 bits per heavy atom. The van der Waals surface area contributed by atoms with Crippen molar-refractivity contribution in [3.63, 3.8) is 0 Å². The van der Waals surface area contributed by atoms with Gasteiger partial charge in [-0.2, -0.15) is 5.10 Å². The lowest BCUT2D eigenvalue weighted by atomic mass is 9.88. The van der Waals surface area contributed by atoms with Crippen LogP contribution in [-0.2, 0) is 5.41 Å². The van der Waals surface area contributed by atoms with E-state index in [4.69, 9.17) is 6.42 Å². The number of terminal acetylenes is 1. The van der Waals surface area contributed by atoms with E-state index in [0.717, 1.165) is 16.6 Å². The molecule has 1 aromatic heterocycles. The lowest BCUT2D eigenvalue weighted by molar-refractivity contribution is 0.570. The van der Waals surface area contributed by atoms with Gasteiger partial charge < -0.3 is 0 Å². The van der Waals surface area contributed by atoms with Crippen LogP contribution in [0, 0.1) is 25.1 Å². The summed E-state index contributed by atoms with van der Waals surface area (Å²) < 4.78 is 14.0. The van der Waals surface area contributed by atoms with Crippen LogP contribution >= 0.6 is 0 Å². The van der Waals surface area contributed by atoms with E-state index in [1.807, 2.05) is 20.8 Å². The van der Waals surface area contributed by atoms with Crippen LogP contribution in [0.1, 0.15) is 37.6 Å². The number of aryl methyl sites for hydroxylation is 1. The van der Waals surface area contributed by atoms with Crippen LogP contribution < -0.4 is 0 Å². The molecule has 1 heterocycles. The number of benzene rings is 1. The van der Waals surface area contributed by atoms with Crippen LogP contribution in [0.15, 0.2) is 6.07 Å². The smallest absolute Gasteiger partial charge is 0.142 e. The van der Waals surface area contributed by atoms with Gasteiger partial charge in [-0.15, -0.1) is 6.42 Å². The summed E-state index contributed by atoms with van der Waals surface area (Å²) in [5.74, 6) is 2.12. The molecule has 1 aromatic carbocycles.